The lowest BCUT2D eigenvalue weighted by Crippen LogP contribution is -2.34. The highest BCUT2D eigenvalue weighted by Crippen LogP contribution is 2.46. The second-order valence-electron chi connectivity index (χ2n) is 11.2. The second-order valence-corrected chi connectivity index (χ2v) is 11.2. The molecule has 0 unspecified atom stereocenters. The van der Waals surface area contributed by atoms with E-state index in [9.17, 15) is 4.79 Å². The number of hydrogen-bond acceptors (Lipinski definition) is 2. The van der Waals surface area contributed by atoms with Gasteiger partial charge in [0.2, 0.25) is 0 Å². The summed E-state index contributed by atoms with van der Waals surface area (Å²) in [6, 6.07) is 8.67. The minimum atomic E-state index is 0.0463. The summed E-state index contributed by atoms with van der Waals surface area (Å²) in [6.45, 7) is 15.5. The number of aryl methyl sites for hydroxylation is 1. The molecule has 0 spiro atoms. The van der Waals surface area contributed by atoms with Gasteiger partial charge < -0.3 is 9.32 Å². The zero-order chi connectivity index (χ0) is 22.4. The highest BCUT2D eigenvalue weighted by Gasteiger charge is 2.37. The monoisotopic (exact) mass is 421 g/mol. The van der Waals surface area contributed by atoms with E-state index in [-0.39, 0.29) is 16.7 Å². The zero-order valence-corrected chi connectivity index (χ0v) is 20.3. The summed E-state index contributed by atoms with van der Waals surface area (Å²) in [4.78, 5) is 15.0. The second kappa shape index (κ2) is 8.15. The molecule has 2 aliphatic carbocycles. The average molecular weight is 422 g/mol. The van der Waals surface area contributed by atoms with Crippen molar-refractivity contribution in [1.29, 1.82) is 0 Å². The van der Waals surface area contributed by atoms with Gasteiger partial charge in [-0.05, 0) is 90.2 Å². The van der Waals surface area contributed by atoms with E-state index in [4.69, 9.17) is 4.42 Å². The van der Waals surface area contributed by atoms with Gasteiger partial charge >= 0.3 is 0 Å². The van der Waals surface area contributed by atoms with Crippen LogP contribution in [0.15, 0.2) is 28.7 Å². The molecule has 1 fully saturated rings. The summed E-state index contributed by atoms with van der Waals surface area (Å²) in [5.74, 6) is 2.10. The van der Waals surface area contributed by atoms with Crippen molar-refractivity contribution in [1.82, 2.24) is 4.90 Å². The Morgan fingerprint density at radius 3 is 2.32 bits per heavy atom. The maximum Gasteiger partial charge on any atom is 0.289 e. The molecule has 1 amide bonds. The lowest BCUT2D eigenvalue weighted by molar-refractivity contribution is 0.0714. The largest absolute Gasteiger partial charge is 0.456 e. The number of nitrogens with zero attached hydrogens (tertiary/aromatic N) is 1. The minimum Gasteiger partial charge on any atom is -0.456 e. The first-order chi connectivity index (χ1) is 14.6. The van der Waals surface area contributed by atoms with Gasteiger partial charge in [0.05, 0.1) is 0 Å². The van der Waals surface area contributed by atoms with Crippen molar-refractivity contribution in [2.45, 2.75) is 90.9 Å². The molecular formula is C28H39NO2. The van der Waals surface area contributed by atoms with Gasteiger partial charge in [-0.25, -0.2) is 0 Å². The fraction of sp³-hybridized carbons (Fsp3) is 0.607. The first-order valence-corrected chi connectivity index (χ1v) is 12.1. The molecule has 4 rings (SSSR count). The van der Waals surface area contributed by atoms with Crippen LogP contribution in [0.4, 0.5) is 0 Å². The quantitative estimate of drug-likeness (QED) is 0.493. The number of fused-ring (bicyclic) bond motifs is 1. The molecule has 1 saturated carbocycles. The maximum absolute atomic E-state index is 13.0. The molecule has 168 valence electrons. The van der Waals surface area contributed by atoms with Crippen LogP contribution in [0.2, 0.25) is 0 Å². The summed E-state index contributed by atoms with van der Waals surface area (Å²) in [7, 11) is 0. The Hall–Kier alpha value is -2.03. The van der Waals surface area contributed by atoms with Gasteiger partial charge in [-0.1, -0.05) is 46.8 Å². The van der Waals surface area contributed by atoms with E-state index in [0.717, 1.165) is 31.7 Å². The van der Waals surface area contributed by atoms with Crippen molar-refractivity contribution in [2.24, 2.45) is 5.92 Å². The number of furan rings is 1. The molecule has 1 heterocycles. The predicted octanol–water partition coefficient (Wildman–Crippen LogP) is 6.79. The normalized spacial score (nSPS) is 19.2. The zero-order valence-electron chi connectivity index (χ0n) is 20.3. The summed E-state index contributed by atoms with van der Waals surface area (Å²) in [5.41, 5.74) is 6.02. The van der Waals surface area contributed by atoms with Gasteiger partial charge in [0.1, 0.15) is 5.76 Å². The third kappa shape index (κ3) is 4.61. The van der Waals surface area contributed by atoms with E-state index >= 15 is 0 Å². The van der Waals surface area contributed by atoms with Crippen molar-refractivity contribution >= 4 is 5.91 Å². The predicted molar refractivity (Wildman–Crippen MR) is 127 cm³/mol. The van der Waals surface area contributed by atoms with Crippen molar-refractivity contribution in [3.05, 3.63) is 58.0 Å². The Balaban J connectivity index is 1.56. The van der Waals surface area contributed by atoms with Crippen molar-refractivity contribution in [2.75, 3.05) is 13.1 Å². The third-order valence-corrected chi connectivity index (χ3v) is 7.50. The van der Waals surface area contributed by atoms with Crippen LogP contribution < -0.4 is 0 Å². The van der Waals surface area contributed by atoms with E-state index in [2.05, 4.69) is 53.7 Å². The third-order valence-electron chi connectivity index (χ3n) is 7.50. The van der Waals surface area contributed by atoms with Gasteiger partial charge in [0.25, 0.3) is 5.91 Å². The van der Waals surface area contributed by atoms with Crippen LogP contribution in [0.1, 0.15) is 105 Å². The summed E-state index contributed by atoms with van der Waals surface area (Å²) in [5, 5.41) is 0. The fourth-order valence-electron chi connectivity index (χ4n) is 5.05. The number of rotatable bonds is 7. The van der Waals surface area contributed by atoms with Gasteiger partial charge in [-0.15, -0.1) is 0 Å². The molecule has 2 aliphatic rings. The molecule has 0 N–H and O–H groups in total. The molecule has 3 nitrogen and oxygen atoms in total. The van der Waals surface area contributed by atoms with Crippen molar-refractivity contribution in [3.8, 4) is 0 Å². The first kappa shape index (κ1) is 22.2. The number of carbonyl (C=O) groups is 1. The Morgan fingerprint density at radius 1 is 1.06 bits per heavy atom. The van der Waals surface area contributed by atoms with Gasteiger partial charge in [-0.3, -0.25) is 4.79 Å². The Bertz CT molecular complexity index is 961. The van der Waals surface area contributed by atoms with Gasteiger partial charge in [-0.2, -0.15) is 0 Å². The molecule has 0 saturated heterocycles. The molecule has 0 bridgehead atoms. The highest BCUT2D eigenvalue weighted by atomic mass is 16.4. The van der Waals surface area contributed by atoms with Gasteiger partial charge in [0, 0.05) is 19.5 Å². The molecular weight excluding hydrogens is 382 g/mol. The van der Waals surface area contributed by atoms with Crippen LogP contribution in [0, 0.1) is 12.8 Å². The van der Waals surface area contributed by atoms with Crippen LogP contribution in [0.5, 0.6) is 0 Å². The molecule has 2 aromatic rings. The molecule has 0 atom stereocenters. The van der Waals surface area contributed by atoms with Crippen LogP contribution in [0.25, 0.3) is 0 Å². The van der Waals surface area contributed by atoms with E-state index in [1.165, 1.54) is 47.9 Å². The Kier molecular flexibility index (Phi) is 5.83. The van der Waals surface area contributed by atoms with Crippen molar-refractivity contribution < 1.29 is 9.21 Å². The van der Waals surface area contributed by atoms with Crippen molar-refractivity contribution in [3.63, 3.8) is 0 Å². The van der Waals surface area contributed by atoms with Crippen LogP contribution in [-0.2, 0) is 17.3 Å². The molecule has 0 radical (unpaired) electrons. The Labute approximate surface area is 188 Å². The standard InChI is InChI=1S/C28H39NO2/c1-7-14-29(18-20-8-9-20)26(30)25-11-10-22(31-25)16-21-17-24-23(15-19(21)2)27(3,4)12-13-28(24,5)6/h10-11,15,17,20H,7-9,12-14,16,18H2,1-6H3. The number of benzene rings is 1. The smallest absolute Gasteiger partial charge is 0.289 e. The Morgan fingerprint density at radius 2 is 1.71 bits per heavy atom. The van der Waals surface area contributed by atoms with Crippen LogP contribution in [0.3, 0.4) is 0 Å². The van der Waals surface area contributed by atoms with E-state index in [1.54, 1.807) is 0 Å². The van der Waals surface area contributed by atoms with Crippen LogP contribution in [-0.4, -0.2) is 23.9 Å². The molecule has 1 aromatic carbocycles. The lowest BCUT2D eigenvalue weighted by Gasteiger charge is -2.42. The van der Waals surface area contributed by atoms with E-state index in [0.29, 0.717) is 11.7 Å². The summed E-state index contributed by atoms with van der Waals surface area (Å²) >= 11 is 0. The molecule has 31 heavy (non-hydrogen) atoms. The van der Waals surface area contributed by atoms with E-state index in [1.807, 2.05) is 17.0 Å². The lowest BCUT2D eigenvalue weighted by atomic mass is 9.62. The number of hydrogen-bond donors (Lipinski definition) is 0. The molecule has 3 heteroatoms. The summed E-state index contributed by atoms with van der Waals surface area (Å²) < 4.78 is 6.08. The number of amides is 1. The maximum atomic E-state index is 13.0. The molecule has 1 aromatic heterocycles. The fourth-order valence-corrected chi connectivity index (χ4v) is 5.05. The number of carbonyl (C=O) groups excluding carboxylic acids is 1. The highest BCUT2D eigenvalue weighted by molar-refractivity contribution is 5.91. The van der Waals surface area contributed by atoms with Crippen LogP contribution >= 0.6 is 0 Å². The summed E-state index contributed by atoms with van der Waals surface area (Å²) in [6.07, 6.45) is 6.66. The minimum absolute atomic E-state index is 0.0463. The SMILES string of the molecule is CCCN(CC1CC1)C(=O)c1ccc(Cc2cc3c(cc2C)C(C)(C)CCC3(C)C)o1. The average Bonchev–Trinajstić information content (AvgIpc) is 3.41. The van der Waals surface area contributed by atoms with Gasteiger partial charge in [0.15, 0.2) is 5.76 Å². The molecule has 0 aliphatic heterocycles. The topological polar surface area (TPSA) is 33.5 Å². The first-order valence-electron chi connectivity index (χ1n) is 12.1. The van der Waals surface area contributed by atoms with E-state index < -0.39 is 0 Å².